The fourth-order valence-corrected chi connectivity index (χ4v) is 5.08. The molecule has 1 aliphatic rings. The summed E-state index contributed by atoms with van der Waals surface area (Å²) in [5.41, 5.74) is 5.39. The van der Waals surface area contributed by atoms with E-state index in [0.29, 0.717) is 12.5 Å². The molecule has 0 bridgehead atoms. The fourth-order valence-electron chi connectivity index (χ4n) is 5.08. The smallest absolute Gasteiger partial charge is 0.253 e. The van der Waals surface area contributed by atoms with Gasteiger partial charge in [0.1, 0.15) is 0 Å². The molecule has 1 amide bonds. The van der Waals surface area contributed by atoms with Crippen LogP contribution in [-0.2, 0) is 13.0 Å². The van der Waals surface area contributed by atoms with Crippen LogP contribution in [0.25, 0.3) is 10.8 Å². The largest absolute Gasteiger partial charge is 0.381 e. The van der Waals surface area contributed by atoms with E-state index in [1.165, 1.54) is 16.3 Å². The average molecular weight is 465 g/mol. The van der Waals surface area contributed by atoms with Gasteiger partial charge >= 0.3 is 0 Å². The highest BCUT2D eigenvalue weighted by Gasteiger charge is 2.22. The van der Waals surface area contributed by atoms with Crippen molar-refractivity contribution in [2.24, 2.45) is 5.92 Å². The molecule has 1 saturated heterocycles. The molecule has 3 heterocycles. The van der Waals surface area contributed by atoms with Crippen LogP contribution in [0.15, 0.2) is 79.4 Å². The van der Waals surface area contributed by atoms with Gasteiger partial charge in [-0.05, 0) is 84.9 Å². The standard InChI is InChI=1S/C30H32N4O/c1-22-9-10-26(18-29(22)33-20-24-5-3-13-31-19-24)30(35)34-15-4-6-23(12-16-34)17-25-7-2-8-27-21-32-14-11-28(25)27/h2-3,5,7-11,13-14,18-19,21,23,33H,4,6,12,15-17,20H2,1H3. The molecule has 5 nitrogen and oxygen atoms in total. The Hall–Kier alpha value is -3.73. The first-order valence-electron chi connectivity index (χ1n) is 12.5. The van der Waals surface area contributed by atoms with Crippen LogP contribution >= 0.6 is 0 Å². The maximum atomic E-state index is 13.4. The molecule has 4 aromatic rings. The van der Waals surface area contributed by atoms with Gasteiger partial charge in [-0.2, -0.15) is 0 Å². The molecule has 1 N–H and O–H groups in total. The number of carbonyl (C=O) groups excluding carboxylic acids is 1. The Morgan fingerprint density at radius 2 is 1.91 bits per heavy atom. The van der Waals surface area contributed by atoms with Crippen molar-refractivity contribution in [2.45, 2.75) is 39.2 Å². The molecular formula is C30H32N4O. The third kappa shape index (κ3) is 5.51. The molecule has 5 heteroatoms. The summed E-state index contributed by atoms with van der Waals surface area (Å²) in [5.74, 6) is 0.715. The van der Waals surface area contributed by atoms with E-state index in [2.05, 4.69) is 46.5 Å². The van der Waals surface area contributed by atoms with Gasteiger partial charge in [-0.15, -0.1) is 0 Å². The van der Waals surface area contributed by atoms with E-state index in [9.17, 15) is 4.79 Å². The Morgan fingerprint density at radius 3 is 2.80 bits per heavy atom. The topological polar surface area (TPSA) is 58.1 Å². The monoisotopic (exact) mass is 464 g/mol. The summed E-state index contributed by atoms with van der Waals surface area (Å²) in [6.07, 6.45) is 11.7. The minimum Gasteiger partial charge on any atom is -0.381 e. The van der Waals surface area contributed by atoms with Crippen molar-refractivity contribution >= 4 is 22.4 Å². The van der Waals surface area contributed by atoms with E-state index < -0.39 is 0 Å². The van der Waals surface area contributed by atoms with Gasteiger partial charge in [0.05, 0.1) is 0 Å². The Labute approximate surface area is 207 Å². The lowest BCUT2D eigenvalue weighted by Crippen LogP contribution is -2.32. The fraction of sp³-hybridized carbons (Fsp3) is 0.300. The minimum atomic E-state index is 0.131. The Balaban J connectivity index is 1.23. The van der Waals surface area contributed by atoms with Crippen LogP contribution in [0.2, 0.25) is 0 Å². The van der Waals surface area contributed by atoms with Crippen molar-refractivity contribution in [3.63, 3.8) is 0 Å². The van der Waals surface area contributed by atoms with E-state index >= 15 is 0 Å². The number of aryl methyl sites for hydroxylation is 1. The number of rotatable bonds is 6. The molecule has 5 rings (SSSR count). The minimum absolute atomic E-state index is 0.131. The molecule has 1 unspecified atom stereocenters. The third-order valence-corrected chi connectivity index (χ3v) is 7.10. The normalized spacial score (nSPS) is 16.1. The molecule has 0 radical (unpaired) electrons. The first kappa shape index (κ1) is 23.0. The molecule has 2 aromatic heterocycles. The molecule has 0 saturated carbocycles. The number of aromatic nitrogens is 2. The maximum absolute atomic E-state index is 13.4. The van der Waals surface area contributed by atoms with E-state index in [0.717, 1.165) is 61.2 Å². The Morgan fingerprint density at radius 1 is 1.00 bits per heavy atom. The zero-order valence-corrected chi connectivity index (χ0v) is 20.3. The van der Waals surface area contributed by atoms with Crippen molar-refractivity contribution in [2.75, 3.05) is 18.4 Å². The number of hydrogen-bond acceptors (Lipinski definition) is 4. The first-order valence-corrected chi connectivity index (χ1v) is 12.5. The highest BCUT2D eigenvalue weighted by Crippen LogP contribution is 2.27. The van der Waals surface area contributed by atoms with Crippen molar-refractivity contribution in [3.8, 4) is 0 Å². The summed E-state index contributed by atoms with van der Waals surface area (Å²) < 4.78 is 0. The third-order valence-electron chi connectivity index (χ3n) is 7.10. The van der Waals surface area contributed by atoms with Gasteiger partial charge in [-0.3, -0.25) is 14.8 Å². The molecule has 0 spiro atoms. The summed E-state index contributed by atoms with van der Waals surface area (Å²) in [6.45, 7) is 4.38. The quantitative estimate of drug-likeness (QED) is 0.378. The second-order valence-electron chi connectivity index (χ2n) is 9.55. The number of benzene rings is 2. The van der Waals surface area contributed by atoms with Crippen LogP contribution in [0.1, 0.15) is 46.3 Å². The summed E-state index contributed by atoms with van der Waals surface area (Å²) in [7, 11) is 0. The molecular weight excluding hydrogens is 432 g/mol. The predicted octanol–water partition coefficient (Wildman–Crippen LogP) is 6.04. The molecule has 1 aliphatic heterocycles. The lowest BCUT2D eigenvalue weighted by Gasteiger charge is -2.22. The summed E-state index contributed by atoms with van der Waals surface area (Å²) >= 11 is 0. The van der Waals surface area contributed by atoms with Gasteiger partial charge in [-0.1, -0.05) is 30.3 Å². The van der Waals surface area contributed by atoms with Gasteiger partial charge in [0.25, 0.3) is 5.91 Å². The Kier molecular flexibility index (Phi) is 7.03. The molecule has 0 aliphatic carbocycles. The maximum Gasteiger partial charge on any atom is 0.253 e. The van der Waals surface area contributed by atoms with Gasteiger partial charge in [0.2, 0.25) is 0 Å². The van der Waals surface area contributed by atoms with Crippen LogP contribution in [0.5, 0.6) is 0 Å². The van der Waals surface area contributed by atoms with Crippen molar-refractivity contribution in [1.29, 1.82) is 0 Å². The van der Waals surface area contributed by atoms with Gasteiger partial charge in [0, 0.05) is 61.1 Å². The lowest BCUT2D eigenvalue weighted by molar-refractivity contribution is 0.0760. The average Bonchev–Trinajstić information content (AvgIpc) is 3.14. The van der Waals surface area contributed by atoms with Gasteiger partial charge in [-0.25, -0.2) is 0 Å². The number of anilines is 1. The van der Waals surface area contributed by atoms with E-state index in [-0.39, 0.29) is 5.91 Å². The summed E-state index contributed by atoms with van der Waals surface area (Å²) in [5, 5.41) is 5.97. The second-order valence-corrected chi connectivity index (χ2v) is 9.55. The van der Waals surface area contributed by atoms with E-state index in [1.54, 1.807) is 6.20 Å². The van der Waals surface area contributed by atoms with E-state index in [4.69, 9.17) is 0 Å². The number of nitrogens with one attached hydrogen (secondary N) is 1. The van der Waals surface area contributed by atoms with Crippen molar-refractivity contribution in [1.82, 2.24) is 14.9 Å². The van der Waals surface area contributed by atoms with Crippen molar-refractivity contribution < 1.29 is 4.79 Å². The second kappa shape index (κ2) is 10.7. The lowest BCUT2D eigenvalue weighted by atomic mass is 9.90. The number of hydrogen-bond donors (Lipinski definition) is 1. The van der Waals surface area contributed by atoms with Gasteiger partial charge in [0.15, 0.2) is 0 Å². The summed E-state index contributed by atoms with van der Waals surface area (Å²) in [6, 6.07) is 18.6. The highest BCUT2D eigenvalue weighted by atomic mass is 16.2. The molecule has 35 heavy (non-hydrogen) atoms. The van der Waals surface area contributed by atoms with E-state index in [1.807, 2.05) is 53.8 Å². The first-order chi connectivity index (χ1) is 17.2. The number of carbonyl (C=O) groups is 1. The van der Waals surface area contributed by atoms with Crippen LogP contribution in [0.3, 0.4) is 0 Å². The van der Waals surface area contributed by atoms with Crippen LogP contribution in [0.4, 0.5) is 5.69 Å². The highest BCUT2D eigenvalue weighted by molar-refractivity contribution is 5.95. The van der Waals surface area contributed by atoms with Crippen LogP contribution < -0.4 is 5.32 Å². The van der Waals surface area contributed by atoms with Crippen LogP contribution in [-0.4, -0.2) is 33.9 Å². The zero-order valence-electron chi connectivity index (χ0n) is 20.3. The van der Waals surface area contributed by atoms with Crippen molar-refractivity contribution in [3.05, 3.63) is 102 Å². The van der Waals surface area contributed by atoms with Crippen LogP contribution in [0, 0.1) is 12.8 Å². The number of likely N-dealkylation sites (tertiary alicyclic amines) is 1. The SMILES string of the molecule is Cc1ccc(C(=O)N2CCCC(Cc3cccc4cnccc34)CC2)cc1NCc1cccnc1. The molecule has 1 fully saturated rings. The molecule has 2 aromatic carbocycles. The number of fused-ring (bicyclic) bond motifs is 1. The summed E-state index contributed by atoms with van der Waals surface area (Å²) in [4.78, 5) is 23.9. The number of nitrogens with zero attached hydrogens (tertiary/aromatic N) is 3. The predicted molar refractivity (Wildman–Crippen MR) is 141 cm³/mol. The zero-order chi connectivity index (χ0) is 24.0. The molecule has 178 valence electrons. The Bertz CT molecular complexity index is 1300. The number of amides is 1. The van der Waals surface area contributed by atoms with Gasteiger partial charge < -0.3 is 10.2 Å². The molecule has 1 atom stereocenters. The number of pyridine rings is 2.